The van der Waals surface area contributed by atoms with Gasteiger partial charge in [-0.3, -0.25) is 4.79 Å². The van der Waals surface area contributed by atoms with Gasteiger partial charge in [-0.05, 0) is 12.1 Å². The Hall–Kier alpha value is -1.65. The van der Waals surface area contributed by atoms with Crippen molar-refractivity contribution in [1.29, 1.82) is 0 Å². The number of ether oxygens (including phenoxy) is 1. The maximum absolute atomic E-state index is 13.2. The molecule has 1 aliphatic rings. The number of fused-ring (bicyclic) bond motifs is 1. The monoisotopic (exact) mass is 199 g/mol. The van der Waals surface area contributed by atoms with E-state index in [1.54, 1.807) is 0 Å². The Morgan fingerprint density at radius 2 is 2.14 bits per heavy atom. The molecule has 1 aromatic carbocycles. The number of carbonyl (C=O) groups is 1. The van der Waals surface area contributed by atoms with Crippen molar-refractivity contribution in [3.8, 4) is 5.75 Å². The molecule has 0 atom stereocenters. The molecule has 0 aliphatic carbocycles. The highest BCUT2D eigenvalue weighted by atomic mass is 19.2. The third-order valence-electron chi connectivity index (χ3n) is 1.93. The minimum absolute atomic E-state index is 0.0291. The highest BCUT2D eigenvalue weighted by Gasteiger charge is 2.22. The second-order valence-corrected chi connectivity index (χ2v) is 2.84. The van der Waals surface area contributed by atoms with Crippen LogP contribution in [0.4, 0.5) is 8.78 Å². The lowest BCUT2D eigenvalue weighted by atomic mass is 10.2. The molecule has 14 heavy (non-hydrogen) atoms. The quantitative estimate of drug-likeness (QED) is 0.679. The van der Waals surface area contributed by atoms with Crippen LogP contribution in [0.3, 0.4) is 0 Å². The Morgan fingerprint density at radius 1 is 1.36 bits per heavy atom. The number of rotatable bonds is 0. The summed E-state index contributed by atoms with van der Waals surface area (Å²) < 4.78 is 30.9. The predicted octanol–water partition coefficient (Wildman–Crippen LogP) is 1.09. The number of amides is 1. The second kappa shape index (κ2) is 3.25. The Morgan fingerprint density at radius 3 is 2.93 bits per heavy atom. The van der Waals surface area contributed by atoms with Crippen molar-refractivity contribution in [1.82, 2.24) is 5.32 Å². The van der Waals surface area contributed by atoms with Gasteiger partial charge in [0, 0.05) is 0 Å². The molecule has 1 heterocycles. The average molecular weight is 199 g/mol. The topological polar surface area (TPSA) is 38.3 Å². The largest absolute Gasteiger partial charge is 0.488 e. The van der Waals surface area contributed by atoms with E-state index in [4.69, 9.17) is 4.74 Å². The molecule has 0 spiro atoms. The molecule has 0 fully saturated rings. The summed E-state index contributed by atoms with van der Waals surface area (Å²) in [7, 11) is 0. The van der Waals surface area contributed by atoms with E-state index in [1.807, 2.05) is 0 Å². The van der Waals surface area contributed by atoms with Gasteiger partial charge in [0.2, 0.25) is 5.82 Å². The van der Waals surface area contributed by atoms with E-state index in [2.05, 4.69) is 5.32 Å². The number of hydrogen-bond donors (Lipinski definition) is 1. The number of hydrogen-bond acceptors (Lipinski definition) is 2. The van der Waals surface area contributed by atoms with Crippen LogP contribution in [0.1, 0.15) is 10.4 Å². The fourth-order valence-corrected chi connectivity index (χ4v) is 1.26. The van der Waals surface area contributed by atoms with Crippen molar-refractivity contribution in [2.45, 2.75) is 0 Å². The van der Waals surface area contributed by atoms with Gasteiger partial charge in [0.25, 0.3) is 5.91 Å². The van der Waals surface area contributed by atoms with Crippen LogP contribution in [0.5, 0.6) is 5.75 Å². The van der Waals surface area contributed by atoms with Crippen LogP contribution < -0.4 is 10.1 Å². The average Bonchev–Trinajstić information content (AvgIpc) is 2.35. The lowest BCUT2D eigenvalue weighted by Crippen LogP contribution is -2.24. The molecule has 1 aliphatic heterocycles. The molecule has 74 valence electrons. The van der Waals surface area contributed by atoms with Crippen LogP contribution in [0, 0.1) is 11.6 Å². The van der Waals surface area contributed by atoms with Gasteiger partial charge in [0.1, 0.15) is 6.61 Å². The molecule has 2 rings (SSSR count). The van der Waals surface area contributed by atoms with E-state index in [0.717, 1.165) is 6.07 Å². The summed E-state index contributed by atoms with van der Waals surface area (Å²) >= 11 is 0. The van der Waals surface area contributed by atoms with E-state index in [1.165, 1.54) is 6.07 Å². The predicted molar refractivity (Wildman–Crippen MR) is 44.2 cm³/mol. The zero-order valence-corrected chi connectivity index (χ0v) is 7.14. The molecular formula is C9H7F2NO2. The first-order valence-electron chi connectivity index (χ1n) is 4.09. The number of carbonyl (C=O) groups excluding carboxylic acids is 1. The molecular weight excluding hydrogens is 192 g/mol. The maximum atomic E-state index is 13.2. The van der Waals surface area contributed by atoms with Gasteiger partial charge in [0.15, 0.2) is 11.6 Å². The van der Waals surface area contributed by atoms with Crippen LogP contribution in [-0.2, 0) is 0 Å². The van der Waals surface area contributed by atoms with Crippen LogP contribution in [0.15, 0.2) is 12.1 Å². The first-order valence-corrected chi connectivity index (χ1v) is 4.09. The van der Waals surface area contributed by atoms with Crippen molar-refractivity contribution in [3.63, 3.8) is 0 Å². The SMILES string of the molecule is O=C1NCCOc2c1ccc(F)c2F. The summed E-state index contributed by atoms with van der Waals surface area (Å²) in [5.41, 5.74) is 0.0291. The van der Waals surface area contributed by atoms with E-state index in [9.17, 15) is 13.6 Å². The van der Waals surface area contributed by atoms with E-state index >= 15 is 0 Å². The summed E-state index contributed by atoms with van der Waals surface area (Å²) in [6, 6.07) is 2.11. The van der Waals surface area contributed by atoms with Crippen molar-refractivity contribution in [2.24, 2.45) is 0 Å². The fourth-order valence-electron chi connectivity index (χ4n) is 1.26. The van der Waals surface area contributed by atoms with Gasteiger partial charge >= 0.3 is 0 Å². The summed E-state index contributed by atoms with van der Waals surface area (Å²) in [4.78, 5) is 11.3. The molecule has 0 unspecified atom stereocenters. The molecule has 1 N–H and O–H groups in total. The standard InChI is InChI=1S/C9H7F2NO2/c10-6-2-1-5-8(7(6)11)14-4-3-12-9(5)13/h1-2H,3-4H2,(H,12,13). The van der Waals surface area contributed by atoms with Gasteiger partial charge in [-0.2, -0.15) is 4.39 Å². The Bertz CT molecular complexity index is 393. The molecule has 0 bridgehead atoms. The molecule has 0 radical (unpaired) electrons. The molecule has 3 nitrogen and oxygen atoms in total. The highest BCUT2D eigenvalue weighted by molar-refractivity contribution is 5.97. The van der Waals surface area contributed by atoms with Crippen LogP contribution >= 0.6 is 0 Å². The second-order valence-electron chi connectivity index (χ2n) is 2.84. The Balaban J connectivity index is 2.58. The van der Waals surface area contributed by atoms with Gasteiger partial charge in [0.05, 0.1) is 12.1 Å². The molecule has 0 saturated carbocycles. The normalized spacial score (nSPS) is 15.1. The van der Waals surface area contributed by atoms with Crippen molar-refractivity contribution in [2.75, 3.05) is 13.2 Å². The smallest absolute Gasteiger partial charge is 0.255 e. The Kier molecular flexibility index (Phi) is 2.07. The van der Waals surface area contributed by atoms with Crippen LogP contribution in [0.2, 0.25) is 0 Å². The summed E-state index contributed by atoms with van der Waals surface area (Å²) in [6.45, 7) is 0.424. The van der Waals surface area contributed by atoms with E-state index in [-0.39, 0.29) is 24.5 Å². The zero-order chi connectivity index (χ0) is 10.1. The lowest BCUT2D eigenvalue weighted by molar-refractivity contribution is 0.0957. The third-order valence-corrected chi connectivity index (χ3v) is 1.93. The van der Waals surface area contributed by atoms with Gasteiger partial charge in [-0.15, -0.1) is 0 Å². The minimum Gasteiger partial charge on any atom is -0.488 e. The van der Waals surface area contributed by atoms with Gasteiger partial charge in [-0.25, -0.2) is 4.39 Å². The van der Waals surface area contributed by atoms with Crippen LogP contribution in [-0.4, -0.2) is 19.1 Å². The molecule has 5 heteroatoms. The van der Waals surface area contributed by atoms with Crippen LogP contribution in [0.25, 0.3) is 0 Å². The first kappa shape index (κ1) is 8.93. The number of nitrogens with one attached hydrogen (secondary N) is 1. The molecule has 1 amide bonds. The Labute approximate surface area is 78.7 Å². The molecule has 1 aromatic rings. The maximum Gasteiger partial charge on any atom is 0.255 e. The number of benzene rings is 1. The minimum atomic E-state index is -1.11. The highest BCUT2D eigenvalue weighted by Crippen LogP contribution is 2.26. The van der Waals surface area contributed by atoms with E-state index < -0.39 is 17.5 Å². The summed E-state index contributed by atoms with van der Waals surface area (Å²) in [6.07, 6.45) is 0. The van der Waals surface area contributed by atoms with Crippen molar-refractivity contribution < 1.29 is 18.3 Å². The van der Waals surface area contributed by atoms with Gasteiger partial charge in [-0.1, -0.05) is 0 Å². The third kappa shape index (κ3) is 1.30. The fraction of sp³-hybridized carbons (Fsp3) is 0.222. The van der Waals surface area contributed by atoms with Gasteiger partial charge < -0.3 is 10.1 Å². The summed E-state index contributed by atoms with van der Waals surface area (Å²) in [5.74, 6) is -2.88. The van der Waals surface area contributed by atoms with E-state index in [0.29, 0.717) is 0 Å². The van der Waals surface area contributed by atoms with Crippen molar-refractivity contribution in [3.05, 3.63) is 29.3 Å². The molecule has 0 aromatic heterocycles. The first-order chi connectivity index (χ1) is 6.70. The number of halogens is 2. The lowest BCUT2D eigenvalue weighted by Gasteiger charge is -2.06. The molecule has 0 saturated heterocycles. The zero-order valence-electron chi connectivity index (χ0n) is 7.14. The van der Waals surface area contributed by atoms with Crippen molar-refractivity contribution >= 4 is 5.91 Å². The summed E-state index contributed by atoms with van der Waals surface area (Å²) in [5, 5.41) is 2.49.